The Labute approximate surface area is 98.1 Å². The van der Waals surface area contributed by atoms with Gasteiger partial charge in [-0.1, -0.05) is 6.92 Å². The van der Waals surface area contributed by atoms with Gasteiger partial charge in [-0.25, -0.2) is 0 Å². The molecule has 4 nitrogen and oxygen atoms in total. The molecule has 0 aromatic carbocycles. The van der Waals surface area contributed by atoms with Crippen LogP contribution >= 0.6 is 0 Å². The average molecular weight is 222 g/mol. The van der Waals surface area contributed by atoms with Crippen molar-refractivity contribution in [3.63, 3.8) is 0 Å². The summed E-state index contributed by atoms with van der Waals surface area (Å²) < 4.78 is 0. The number of hydrogen-bond donors (Lipinski definition) is 2. The van der Waals surface area contributed by atoms with Crippen LogP contribution in [0.4, 0.5) is 11.4 Å². The van der Waals surface area contributed by atoms with Crippen molar-refractivity contribution in [1.82, 2.24) is 9.88 Å². The minimum Gasteiger partial charge on any atom is -0.384 e. The Morgan fingerprint density at radius 2 is 1.88 bits per heavy atom. The lowest BCUT2D eigenvalue weighted by atomic mass is 10.3. The summed E-state index contributed by atoms with van der Waals surface area (Å²) in [5.41, 5.74) is 2.14. The molecule has 0 amide bonds. The van der Waals surface area contributed by atoms with Gasteiger partial charge >= 0.3 is 0 Å². The Morgan fingerprint density at radius 1 is 1.19 bits per heavy atom. The highest BCUT2D eigenvalue weighted by Crippen LogP contribution is 2.12. The number of aromatic nitrogens is 1. The predicted molar refractivity (Wildman–Crippen MR) is 70.1 cm³/mol. The molecule has 0 aliphatic rings. The normalized spacial score (nSPS) is 10.5. The zero-order chi connectivity index (χ0) is 11.8. The molecule has 2 N–H and O–H groups in total. The third-order valence-electron chi connectivity index (χ3n) is 2.48. The molecular weight excluding hydrogens is 200 g/mol. The van der Waals surface area contributed by atoms with Gasteiger partial charge in [0.05, 0.1) is 23.8 Å². The third kappa shape index (κ3) is 4.49. The van der Waals surface area contributed by atoms with Gasteiger partial charge in [-0.2, -0.15) is 0 Å². The average Bonchev–Trinajstić information content (AvgIpc) is 2.30. The molecular formula is C12H22N4. The molecule has 0 aliphatic heterocycles. The van der Waals surface area contributed by atoms with E-state index in [2.05, 4.69) is 47.5 Å². The minimum atomic E-state index is 0.920. The topological polar surface area (TPSA) is 40.2 Å². The molecule has 0 unspecified atom stereocenters. The second kappa shape index (κ2) is 7.06. The van der Waals surface area contributed by atoms with Gasteiger partial charge in [-0.15, -0.1) is 0 Å². The maximum Gasteiger partial charge on any atom is 0.0547 e. The molecule has 1 aromatic rings. The summed E-state index contributed by atoms with van der Waals surface area (Å²) in [4.78, 5) is 6.45. The van der Waals surface area contributed by atoms with Crippen LogP contribution < -0.4 is 10.6 Å². The highest BCUT2D eigenvalue weighted by Gasteiger charge is 1.97. The largest absolute Gasteiger partial charge is 0.384 e. The SMILES string of the molecule is CCNc1cncc(NCCN(C)CC)c1. The molecule has 1 heterocycles. The summed E-state index contributed by atoms with van der Waals surface area (Å²) in [6.07, 6.45) is 3.69. The molecule has 0 saturated carbocycles. The molecule has 0 atom stereocenters. The van der Waals surface area contributed by atoms with E-state index in [4.69, 9.17) is 0 Å². The first kappa shape index (κ1) is 12.8. The van der Waals surface area contributed by atoms with Gasteiger partial charge in [0.25, 0.3) is 0 Å². The predicted octanol–water partition coefficient (Wildman–Crippen LogP) is 1.88. The Kier molecular flexibility index (Phi) is 5.64. The molecule has 16 heavy (non-hydrogen) atoms. The molecule has 0 spiro atoms. The molecule has 0 aliphatic carbocycles. The fourth-order valence-corrected chi connectivity index (χ4v) is 1.39. The van der Waals surface area contributed by atoms with Crippen LogP contribution in [0.5, 0.6) is 0 Å². The van der Waals surface area contributed by atoms with Crippen molar-refractivity contribution in [3.05, 3.63) is 18.5 Å². The summed E-state index contributed by atoms with van der Waals surface area (Å²) in [6.45, 7) is 8.23. The van der Waals surface area contributed by atoms with E-state index in [1.807, 2.05) is 12.4 Å². The van der Waals surface area contributed by atoms with Crippen LogP contribution in [0.2, 0.25) is 0 Å². The monoisotopic (exact) mass is 222 g/mol. The maximum atomic E-state index is 4.18. The van der Waals surface area contributed by atoms with Crippen molar-refractivity contribution in [2.24, 2.45) is 0 Å². The van der Waals surface area contributed by atoms with Crippen molar-refractivity contribution in [3.8, 4) is 0 Å². The quantitative estimate of drug-likeness (QED) is 0.739. The second-order valence-electron chi connectivity index (χ2n) is 3.82. The summed E-state index contributed by atoms with van der Waals surface area (Å²) >= 11 is 0. The lowest BCUT2D eigenvalue weighted by Gasteiger charge is -2.14. The van der Waals surface area contributed by atoms with Crippen LogP contribution in [-0.2, 0) is 0 Å². The van der Waals surface area contributed by atoms with E-state index < -0.39 is 0 Å². The Balaban J connectivity index is 2.38. The Morgan fingerprint density at radius 3 is 2.50 bits per heavy atom. The molecule has 1 rings (SSSR count). The van der Waals surface area contributed by atoms with E-state index in [-0.39, 0.29) is 0 Å². The number of anilines is 2. The van der Waals surface area contributed by atoms with Gasteiger partial charge in [0.2, 0.25) is 0 Å². The van der Waals surface area contributed by atoms with Crippen LogP contribution in [0, 0.1) is 0 Å². The standard InChI is InChI=1S/C12H22N4/c1-4-14-11-8-12(10-13-9-11)15-6-7-16(3)5-2/h8-10,14-15H,4-7H2,1-3H3. The fourth-order valence-electron chi connectivity index (χ4n) is 1.39. The molecule has 0 saturated heterocycles. The zero-order valence-electron chi connectivity index (χ0n) is 10.5. The lowest BCUT2D eigenvalue weighted by Crippen LogP contribution is -2.24. The number of hydrogen-bond acceptors (Lipinski definition) is 4. The molecule has 90 valence electrons. The third-order valence-corrected chi connectivity index (χ3v) is 2.48. The summed E-state index contributed by atoms with van der Waals surface area (Å²) in [7, 11) is 2.12. The molecule has 0 radical (unpaired) electrons. The maximum absolute atomic E-state index is 4.18. The highest BCUT2D eigenvalue weighted by atomic mass is 15.1. The van der Waals surface area contributed by atoms with Crippen LogP contribution in [0.1, 0.15) is 13.8 Å². The first-order valence-electron chi connectivity index (χ1n) is 5.87. The summed E-state index contributed by atoms with van der Waals surface area (Å²) in [6, 6.07) is 2.09. The molecule has 0 bridgehead atoms. The number of likely N-dealkylation sites (N-methyl/N-ethyl adjacent to an activating group) is 1. The number of nitrogens with zero attached hydrogens (tertiary/aromatic N) is 2. The number of rotatable bonds is 7. The summed E-state index contributed by atoms with van der Waals surface area (Å²) in [5.74, 6) is 0. The van der Waals surface area contributed by atoms with Crippen LogP contribution in [-0.4, -0.2) is 43.1 Å². The smallest absolute Gasteiger partial charge is 0.0547 e. The van der Waals surface area contributed by atoms with Crippen LogP contribution in [0.25, 0.3) is 0 Å². The van der Waals surface area contributed by atoms with Crippen molar-refractivity contribution in [1.29, 1.82) is 0 Å². The molecule has 1 aromatic heterocycles. The van der Waals surface area contributed by atoms with Crippen molar-refractivity contribution < 1.29 is 0 Å². The lowest BCUT2D eigenvalue weighted by molar-refractivity contribution is 0.367. The van der Waals surface area contributed by atoms with Crippen LogP contribution in [0.3, 0.4) is 0 Å². The van der Waals surface area contributed by atoms with Gasteiger partial charge in [-0.3, -0.25) is 4.98 Å². The van der Waals surface area contributed by atoms with Gasteiger partial charge in [0.1, 0.15) is 0 Å². The Hall–Kier alpha value is -1.29. The van der Waals surface area contributed by atoms with Gasteiger partial charge in [0.15, 0.2) is 0 Å². The highest BCUT2D eigenvalue weighted by molar-refractivity contribution is 5.53. The van der Waals surface area contributed by atoms with E-state index in [1.54, 1.807) is 0 Å². The van der Waals surface area contributed by atoms with E-state index in [9.17, 15) is 0 Å². The van der Waals surface area contributed by atoms with Crippen molar-refractivity contribution in [2.75, 3.05) is 43.9 Å². The second-order valence-corrected chi connectivity index (χ2v) is 3.82. The van der Waals surface area contributed by atoms with E-state index >= 15 is 0 Å². The van der Waals surface area contributed by atoms with Crippen LogP contribution in [0.15, 0.2) is 18.5 Å². The van der Waals surface area contributed by atoms with E-state index in [0.29, 0.717) is 0 Å². The number of pyridine rings is 1. The molecule has 0 fully saturated rings. The van der Waals surface area contributed by atoms with Gasteiger partial charge < -0.3 is 15.5 Å². The first-order valence-corrected chi connectivity index (χ1v) is 5.87. The van der Waals surface area contributed by atoms with Crippen molar-refractivity contribution in [2.45, 2.75) is 13.8 Å². The van der Waals surface area contributed by atoms with Gasteiger partial charge in [-0.05, 0) is 26.6 Å². The fraction of sp³-hybridized carbons (Fsp3) is 0.583. The van der Waals surface area contributed by atoms with Gasteiger partial charge in [0, 0.05) is 19.6 Å². The van der Waals surface area contributed by atoms with Crippen molar-refractivity contribution >= 4 is 11.4 Å². The van der Waals surface area contributed by atoms with E-state index in [1.165, 1.54) is 0 Å². The summed E-state index contributed by atoms with van der Waals surface area (Å²) in [5, 5.41) is 6.61. The van der Waals surface area contributed by atoms with E-state index in [0.717, 1.165) is 37.6 Å². The molecule has 4 heteroatoms. The minimum absolute atomic E-state index is 0.920. The number of nitrogens with one attached hydrogen (secondary N) is 2. The first-order chi connectivity index (χ1) is 7.76. The Bertz CT molecular complexity index is 301. The zero-order valence-corrected chi connectivity index (χ0v) is 10.5.